The van der Waals surface area contributed by atoms with Gasteiger partial charge in [-0.1, -0.05) is 12.1 Å². The maximum Gasteiger partial charge on any atom is 0.295 e. The second-order valence-electron chi connectivity index (χ2n) is 14.6. The Morgan fingerprint density at radius 1 is 0.304 bits per heavy atom. The molecule has 0 saturated heterocycles. The highest BCUT2D eigenvalue weighted by Gasteiger charge is 2.23. The van der Waals surface area contributed by atoms with Gasteiger partial charge in [0.25, 0.3) is 50.6 Å². The number of rotatable bonds is 11. The van der Waals surface area contributed by atoms with Gasteiger partial charge in [0.05, 0.1) is 64.5 Å². The summed E-state index contributed by atoms with van der Waals surface area (Å²) in [5.41, 5.74) is -0.623. The number of azo groups is 3. The van der Waals surface area contributed by atoms with Crippen LogP contribution in [0.3, 0.4) is 0 Å². The molecule has 0 aliphatic carbocycles. The third kappa shape index (κ3) is 9.66. The molecule has 0 aliphatic rings. The summed E-state index contributed by atoms with van der Waals surface area (Å²) in [6, 6.07) is 19.0. The number of fused-ring (bicyclic) bond motifs is 4. The number of benzene rings is 8. The summed E-state index contributed by atoms with van der Waals surface area (Å²) in [4.78, 5) is -3.84. The molecular formula is C40H26N6O18S5. The summed E-state index contributed by atoms with van der Waals surface area (Å²) in [7, 11) is -24.6. The summed E-state index contributed by atoms with van der Waals surface area (Å²) in [6.45, 7) is 0. The smallest absolute Gasteiger partial charge is 0.295 e. The fraction of sp³-hybridized carbons (Fsp3) is 0. The van der Waals surface area contributed by atoms with Crippen LogP contribution in [0.25, 0.3) is 43.1 Å². The average Bonchev–Trinajstić information content (AvgIpc) is 3.25. The van der Waals surface area contributed by atoms with E-state index in [0.717, 1.165) is 42.5 Å². The minimum Gasteiger partial charge on any atom is -0.507 e. The Hall–Kier alpha value is -7.45. The first-order valence-electron chi connectivity index (χ1n) is 18.6. The predicted molar refractivity (Wildman–Crippen MR) is 242 cm³/mol. The zero-order chi connectivity index (χ0) is 50.2. The first-order valence-corrected chi connectivity index (χ1v) is 25.8. The number of hydrogen-bond donors (Lipinski definition) is 8. The molecule has 24 nitrogen and oxygen atoms in total. The van der Waals surface area contributed by atoms with Crippen molar-refractivity contribution in [2.75, 3.05) is 0 Å². The van der Waals surface area contributed by atoms with Crippen molar-refractivity contribution in [3.05, 3.63) is 109 Å². The monoisotopic (exact) mass is 1040 g/mol. The van der Waals surface area contributed by atoms with Crippen LogP contribution in [-0.2, 0) is 50.6 Å². The van der Waals surface area contributed by atoms with Crippen molar-refractivity contribution in [1.29, 1.82) is 0 Å². The molecule has 0 atom stereocenters. The molecule has 69 heavy (non-hydrogen) atoms. The average molecular weight is 1040 g/mol. The molecule has 354 valence electrons. The van der Waals surface area contributed by atoms with Gasteiger partial charge in [-0.15, -0.1) is 25.6 Å². The van der Waals surface area contributed by atoms with Crippen molar-refractivity contribution in [1.82, 2.24) is 0 Å². The van der Waals surface area contributed by atoms with Crippen LogP contribution in [0.1, 0.15) is 0 Å². The van der Waals surface area contributed by atoms with E-state index in [1.165, 1.54) is 48.5 Å². The minimum absolute atomic E-state index is 0.00680. The first kappa shape index (κ1) is 48.0. The number of aromatic hydroxyl groups is 3. The highest BCUT2D eigenvalue weighted by atomic mass is 32.2. The van der Waals surface area contributed by atoms with E-state index in [1.807, 2.05) is 0 Å². The molecule has 0 radical (unpaired) electrons. The molecular weight excluding hydrogens is 1010 g/mol. The molecule has 8 aromatic carbocycles. The molecule has 29 heteroatoms. The summed E-state index contributed by atoms with van der Waals surface area (Å²) in [5.74, 6) is -1.98. The maximum atomic E-state index is 12.3. The third-order valence-corrected chi connectivity index (χ3v) is 14.4. The van der Waals surface area contributed by atoms with E-state index in [2.05, 4.69) is 30.7 Å². The maximum absolute atomic E-state index is 12.3. The minimum atomic E-state index is -5.07. The SMILES string of the molecule is O=S(=O)(O)c1cc(S(=O)(=O)O)c2cc(N=Nc3ccc(N=Nc4ccc(N=Nc5ccc(O)c6cc(S(=O)(=O)O)cc(O)c56)c5cc(S(=O)(=O)O)ccc45)c4cc(S(=O)(=O)O)cc(O)c34)ccc2c1. The molecule has 0 saturated carbocycles. The largest absolute Gasteiger partial charge is 0.507 e. The van der Waals surface area contributed by atoms with Gasteiger partial charge in [-0.2, -0.15) is 47.2 Å². The van der Waals surface area contributed by atoms with Gasteiger partial charge in [0.1, 0.15) is 22.1 Å². The Bertz CT molecular complexity index is 4260. The lowest BCUT2D eigenvalue weighted by Gasteiger charge is -2.10. The van der Waals surface area contributed by atoms with E-state index in [1.54, 1.807) is 0 Å². The van der Waals surface area contributed by atoms with E-state index in [4.69, 9.17) is 0 Å². The highest BCUT2D eigenvalue weighted by Crippen LogP contribution is 2.45. The van der Waals surface area contributed by atoms with Crippen molar-refractivity contribution >= 4 is 128 Å². The van der Waals surface area contributed by atoms with Crippen molar-refractivity contribution in [2.24, 2.45) is 30.7 Å². The fourth-order valence-electron chi connectivity index (χ4n) is 7.03. The van der Waals surface area contributed by atoms with Gasteiger partial charge in [-0.05, 0) is 90.3 Å². The number of phenols is 3. The van der Waals surface area contributed by atoms with Crippen LogP contribution in [0.5, 0.6) is 17.2 Å². The fourth-order valence-corrected chi connectivity index (χ4v) is 9.94. The Morgan fingerprint density at radius 3 is 1.29 bits per heavy atom. The van der Waals surface area contributed by atoms with Crippen LogP contribution >= 0.6 is 0 Å². The van der Waals surface area contributed by atoms with Gasteiger partial charge in [0.2, 0.25) is 0 Å². The zero-order valence-corrected chi connectivity index (χ0v) is 37.9. The number of nitrogens with zero attached hydrogens (tertiary/aromatic N) is 6. The topological polar surface area (TPSA) is 407 Å². The lowest BCUT2D eigenvalue weighted by Crippen LogP contribution is -2.04. The van der Waals surface area contributed by atoms with Crippen LogP contribution in [0, 0.1) is 0 Å². The lowest BCUT2D eigenvalue weighted by molar-refractivity contribution is 0.468. The van der Waals surface area contributed by atoms with Crippen LogP contribution in [-0.4, -0.2) is 80.2 Å². The predicted octanol–water partition coefficient (Wildman–Crippen LogP) is 8.90. The van der Waals surface area contributed by atoms with Crippen LogP contribution < -0.4 is 0 Å². The van der Waals surface area contributed by atoms with Crippen LogP contribution in [0.4, 0.5) is 34.1 Å². The third-order valence-electron chi connectivity index (χ3n) is 10.1. The number of phenolic OH excluding ortho intramolecular Hbond substituents is 3. The quantitative estimate of drug-likeness (QED) is 0.0442. The van der Waals surface area contributed by atoms with Crippen molar-refractivity contribution < 1.29 is 80.2 Å². The Labute approximate surface area is 387 Å². The van der Waals surface area contributed by atoms with E-state index >= 15 is 0 Å². The van der Waals surface area contributed by atoms with E-state index < -0.39 is 92.3 Å². The molecule has 0 aliphatic heterocycles. The van der Waals surface area contributed by atoms with Crippen molar-refractivity contribution in [2.45, 2.75) is 24.5 Å². The molecule has 0 aromatic heterocycles. The van der Waals surface area contributed by atoms with Gasteiger partial charge < -0.3 is 15.3 Å². The number of hydrogen-bond acceptors (Lipinski definition) is 19. The highest BCUT2D eigenvalue weighted by molar-refractivity contribution is 7.87. The van der Waals surface area contributed by atoms with Gasteiger partial charge >= 0.3 is 0 Å². The molecule has 8 N–H and O–H groups in total. The molecule has 0 heterocycles. The first-order chi connectivity index (χ1) is 32.1. The van der Waals surface area contributed by atoms with Gasteiger partial charge in [0.15, 0.2) is 0 Å². The lowest BCUT2D eigenvalue weighted by atomic mass is 10.1. The molecule has 0 unspecified atom stereocenters. The van der Waals surface area contributed by atoms with Gasteiger partial charge in [0, 0.05) is 39.1 Å². The summed E-state index contributed by atoms with van der Waals surface area (Å²) in [5, 5.41) is 56.2. The molecule has 0 bridgehead atoms. The van der Waals surface area contributed by atoms with Crippen LogP contribution in [0.15, 0.2) is 164 Å². The zero-order valence-electron chi connectivity index (χ0n) is 33.8. The van der Waals surface area contributed by atoms with E-state index in [9.17, 15) is 80.2 Å². The molecule has 0 amide bonds. The summed E-state index contributed by atoms with van der Waals surface area (Å²) >= 11 is 0. The van der Waals surface area contributed by atoms with Crippen molar-refractivity contribution in [3.8, 4) is 17.2 Å². The van der Waals surface area contributed by atoms with Crippen LogP contribution in [0.2, 0.25) is 0 Å². The van der Waals surface area contributed by atoms with Crippen molar-refractivity contribution in [3.63, 3.8) is 0 Å². The summed E-state index contributed by atoms with van der Waals surface area (Å²) < 4.78 is 169. The Kier molecular flexibility index (Phi) is 11.8. The molecule has 8 aromatic rings. The molecule has 0 fully saturated rings. The van der Waals surface area contributed by atoms with Gasteiger partial charge in [-0.3, -0.25) is 22.8 Å². The second kappa shape index (κ2) is 17.0. The van der Waals surface area contributed by atoms with Gasteiger partial charge in [-0.25, -0.2) is 0 Å². The Morgan fingerprint density at radius 2 is 0.739 bits per heavy atom. The normalized spacial score (nSPS) is 13.3. The summed E-state index contributed by atoms with van der Waals surface area (Å²) in [6.07, 6.45) is 0. The van der Waals surface area contributed by atoms with E-state index in [0.29, 0.717) is 18.2 Å². The Balaban J connectivity index is 1.23. The second-order valence-corrected chi connectivity index (χ2v) is 21.6. The van der Waals surface area contributed by atoms with E-state index in [-0.39, 0.29) is 77.2 Å². The molecule has 8 rings (SSSR count). The standard InChI is InChI=1S/C40H26N6O18S5/c47-35-10-9-34(40-29(35)15-24(17-37(40)49)68(59,60)61)46-43-31-6-5-30(25-4-3-21(13-27(25)31)65(50,51)52)42-44-32-7-8-33(39-28(32)14-23(16-36(39)48)67(56,57)58)45-41-20-2-1-19-11-22(66(53,54)55)18-38(26(19)12-20)69(62,63)64/h1-18,47-49H,(H,50,51,52)(H,53,54,55)(H,56,57,58)(H,59,60,61)(H,62,63,64). The molecule has 0 spiro atoms.